The van der Waals surface area contributed by atoms with Crippen LogP contribution in [0.4, 0.5) is 0 Å². The van der Waals surface area contributed by atoms with Gasteiger partial charge in [-0.05, 0) is 25.9 Å². The second-order valence-electron chi connectivity index (χ2n) is 3.63. The van der Waals surface area contributed by atoms with Crippen molar-refractivity contribution in [2.24, 2.45) is 5.92 Å². The topological polar surface area (TPSA) is 29.5 Å². The normalized spacial score (nSPS) is 20.3. The first kappa shape index (κ1) is 12.8. The third-order valence-corrected chi connectivity index (χ3v) is 3.22. The summed E-state index contributed by atoms with van der Waals surface area (Å²) in [6.07, 6.45) is 1.66. The Bertz CT molecular complexity index is 248. The molecule has 1 aliphatic heterocycles. The van der Waals surface area contributed by atoms with Crippen LogP contribution in [0.5, 0.6) is 0 Å². The summed E-state index contributed by atoms with van der Waals surface area (Å²) in [4.78, 5) is 13.4. The number of hydrogen-bond donors (Lipinski definition) is 0. The minimum Gasteiger partial charge on any atom is -0.469 e. The molecule has 0 unspecified atom stereocenters. The maximum atomic E-state index is 11.3. The van der Waals surface area contributed by atoms with Crippen LogP contribution in [0.2, 0.25) is 0 Å². The molecule has 0 aromatic carbocycles. The third kappa shape index (κ3) is 4.01. The van der Waals surface area contributed by atoms with Crippen molar-refractivity contribution in [3.63, 3.8) is 0 Å². The zero-order valence-electron chi connectivity index (χ0n) is 8.71. The van der Waals surface area contributed by atoms with E-state index >= 15 is 0 Å². The maximum Gasteiger partial charge on any atom is 0.308 e. The van der Waals surface area contributed by atoms with Gasteiger partial charge in [-0.3, -0.25) is 9.69 Å². The fourth-order valence-electron chi connectivity index (χ4n) is 1.74. The number of hydrogen-bond acceptors (Lipinski definition) is 3. The van der Waals surface area contributed by atoms with E-state index < -0.39 is 0 Å². The van der Waals surface area contributed by atoms with E-state index in [0.29, 0.717) is 11.6 Å². The van der Waals surface area contributed by atoms with Crippen LogP contribution in [-0.4, -0.2) is 37.6 Å². The van der Waals surface area contributed by atoms with Crippen molar-refractivity contribution in [3.8, 4) is 0 Å². The molecule has 5 heteroatoms. The van der Waals surface area contributed by atoms with E-state index in [-0.39, 0.29) is 11.9 Å². The molecule has 1 fully saturated rings. The van der Waals surface area contributed by atoms with Gasteiger partial charge in [-0.25, -0.2) is 0 Å². The van der Waals surface area contributed by atoms with Crippen LogP contribution in [0.15, 0.2) is 10.6 Å². The van der Waals surface area contributed by atoms with E-state index in [4.69, 9.17) is 27.9 Å². The number of methoxy groups -OCH3 is 1. The van der Waals surface area contributed by atoms with Crippen LogP contribution in [-0.2, 0) is 9.53 Å². The highest BCUT2D eigenvalue weighted by Crippen LogP contribution is 2.19. The lowest BCUT2D eigenvalue weighted by atomic mass is 9.97. The molecule has 0 bridgehead atoms. The quantitative estimate of drug-likeness (QED) is 0.721. The summed E-state index contributed by atoms with van der Waals surface area (Å²) in [6, 6.07) is 0. The molecule has 0 spiro atoms. The molecule has 0 aliphatic carbocycles. The molecule has 15 heavy (non-hydrogen) atoms. The Kier molecular flexibility index (Phi) is 5.43. The van der Waals surface area contributed by atoms with Crippen LogP contribution in [0.1, 0.15) is 12.8 Å². The number of carbonyl (C=O) groups excluding carboxylic acids is 1. The van der Waals surface area contributed by atoms with Crippen molar-refractivity contribution in [1.82, 2.24) is 4.90 Å². The number of likely N-dealkylation sites (tertiary alicyclic amines) is 1. The molecule has 1 heterocycles. The molecule has 0 aromatic heterocycles. The molecule has 0 radical (unpaired) electrons. The van der Waals surface area contributed by atoms with E-state index in [1.165, 1.54) is 12.6 Å². The molecular weight excluding hydrogens is 237 g/mol. The van der Waals surface area contributed by atoms with Gasteiger partial charge in [0.1, 0.15) is 0 Å². The van der Waals surface area contributed by atoms with E-state index in [0.717, 1.165) is 25.9 Å². The number of piperidine rings is 1. The third-order valence-electron chi connectivity index (χ3n) is 2.62. The van der Waals surface area contributed by atoms with Gasteiger partial charge >= 0.3 is 5.97 Å². The van der Waals surface area contributed by atoms with E-state index in [1.807, 2.05) is 0 Å². The highest BCUT2D eigenvalue weighted by Gasteiger charge is 2.25. The second-order valence-corrected chi connectivity index (χ2v) is 4.33. The van der Waals surface area contributed by atoms with Gasteiger partial charge in [0.2, 0.25) is 0 Å². The Hall–Kier alpha value is -0.250. The molecule has 1 aliphatic rings. The molecule has 3 nitrogen and oxygen atoms in total. The van der Waals surface area contributed by atoms with Crippen LogP contribution >= 0.6 is 23.2 Å². The van der Waals surface area contributed by atoms with Crippen molar-refractivity contribution >= 4 is 29.2 Å². The molecular formula is C10H15Cl2NO2. The summed E-state index contributed by atoms with van der Waals surface area (Å²) < 4.78 is 4.71. The Labute approximate surface area is 100.0 Å². The summed E-state index contributed by atoms with van der Waals surface area (Å²) in [5, 5.41) is 0.633. The lowest BCUT2D eigenvalue weighted by molar-refractivity contribution is -0.147. The monoisotopic (exact) mass is 251 g/mol. The highest BCUT2D eigenvalue weighted by atomic mass is 35.5. The zero-order chi connectivity index (χ0) is 11.3. The smallest absolute Gasteiger partial charge is 0.308 e. The minimum absolute atomic E-state index is 0.0463. The van der Waals surface area contributed by atoms with Crippen molar-refractivity contribution in [2.75, 3.05) is 26.7 Å². The first-order valence-corrected chi connectivity index (χ1v) is 5.73. The number of halogens is 2. The molecule has 0 amide bonds. The van der Waals surface area contributed by atoms with Crippen LogP contribution in [0.3, 0.4) is 0 Å². The Morgan fingerprint density at radius 3 is 2.60 bits per heavy atom. The van der Waals surface area contributed by atoms with Gasteiger partial charge in [0.25, 0.3) is 0 Å². The van der Waals surface area contributed by atoms with Gasteiger partial charge < -0.3 is 4.74 Å². The number of ether oxygens (including phenoxy) is 1. The Morgan fingerprint density at radius 2 is 2.13 bits per heavy atom. The summed E-state index contributed by atoms with van der Waals surface area (Å²) in [6.45, 7) is 2.39. The summed E-state index contributed by atoms with van der Waals surface area (Å²) >= 11 is 11.3. The lowest BCUT2D eigenvalue weighted by Crippen LogP contribution is -2.37. The fraction of sp³-hybridized carbons (Fsp3) is 0.700. The molecule has 0 atom stereocenters. The molecule has 1 rings (SSSR count). The number of carbonyl (C=O) groups is 1. The number of esters is 1. The molecule has 0 saturated carbocycles. The zero-order valence-corrected chi connectivity index (χ0v) is 10.2. The molecule has 86 valence electrons. The highest BCUT2D eigenvalue weighted by molar-refractivity contribution is 6.36. The number of rotatable bonds is 3. The van der Waals surface area contributed by atoms with Gasteiger partial charge in [0, 0.05) is 17.1 Å². The first-order valence-electron chi connectivity index (χ1n) is 4.92. The van der Waals surface area contributed by atoms with Gasteiger partial charge in [0.15, 0.2) is 0 Å². The molecule has 0 aromatic rings. The largest absolute Gasteiger partial charge is 0.469 e. The van der Waals surface area contributed by atoms with Crippen molar-refractivity contribution in [1.29, 1.82) is 0 Å². The Morgan fingerprint density at radius 1 is 1.53 bits per heavy atom. The minimum atomic E-state index is -0.103. The van der Waals surface area contributed by atoms with Crippen molar-refractivity contribution < 1.29 is 9.53 Å². The SMILES string of the molecule is COC(=O)C1CCN(CC(Cl)=CCl)CC1. The van der Waals surface area contributed by atoms with Crippen molar-refractivity contribution in [2.45, 2.75) is 12.8 Å². The van der Waals surface area contributed by atoms with E-state index in [2.05, 4.69) is 4.90 Å². The predicted octanol–water partition coefficient (Wildman–Crippen LogP) is 2.19. The maximum absolute atomic E-state index is 11.3. The van der Waals surface area contributed by atoms with Gasteiger partial charge in [-0.2, -0.15) is 0 Å². The summed E-state index contributed by atoms with van der Waals surface area (Å²) in [5.74, 6) is -0.0568. The summed E-state index contributed by atoms with van der Waals surface area (Å²) in [5.41, 5.74) is 1.38. The Balaban J connectivity index is 2.33. The van der Waals surface area contributed by atoms with E-state index in [9.17, 15) is 4.79 Å². The van der Waals surface area contributed by atoms with Crippen LogP contribution < -0.4 is 0 Å². The lowest BCUT2D eigenvalue weighted by Gasteiger charge is -2.30. The standard InChI is InChI=1S/C10H15Cl2NO2/c1-15-10(14)8-2-4-13(5-3-8)7-9(12)6-11/h6,8H,2-5,7H2,1H3. The van der Waals surface area contributed by atoms with Crippen LogP contribution in [0, 0.1) is 5.92 Å². The average molecular weight is 252 g/mol. The molecule has 1 saturated heterocycles. The predicted molar refractivity (Wildman–Crippen MR) is 61.0 cm³/mol. The average Bonchev–Trinajstić information content (AvgIpc) is 2.29. The van der Waals surface area contributed by atoms with Gasteiger partial charge in [0.05, 0.1) is 13.0 Å². The van der Waals surface area contributed by atoms with Crippen LogP contribution in [0.25, 0.3) is 0 Å². The first-order chi connectivity index (χ1) is 7.17. The fourth-order valence-corrected chi connectivity index (χ4v) is 1.98. The number of nitrogens with zero attached hydrogens (tertiary/aromatic N) is 1. The van der Waals surface area contributed by atoms with E-state index in [1.54, 1.807) is 0 Å². The van der Waals surface area contributed by atoms with Gasteiger partial charge in [-0.15, -0.1) is 0 Å². The summed E-state index contributed by atoms with van der Waals surface area (Å²) in [7, 11) is 1.43. The molecule has 0 N–H and O–H groups in total. The van der Waals surface area contributed by atoms with Gasteiger partial charge in [-0.1, -0.05) is 23.2 Å². The second kappa shape index (κ2) is 6.36. The van der Waals surface area contributed by atoms with Crippen molar-refractivity contribution in [3.05, 3.63) is 10.6 Å².